The highest BCUT2D eigenvalue weighted by atomic mass is 16.7. The highest BCUT2D eigenvalue weighted by Gasteiger charge is 2.55. The van der Waals surface area contributed by atoms with Crippen molar-refractivity contribution in [3.63, 3.8) is 0 Å². The Hall–Kier alpha value is -0.410. The quantitative estimate of drug-likeness (QED) is 0.639. The van der Waals surface area contributed by atoms with Crippen molar-refractivity contribution in [2.24, 2.45) is 11.3 Å². The van der Waals surface area contributed by atoms with E-state index in [0.29, 0.717) is 6.42 Å². The third-order valence-electron chi connectivity index (χ3n) is 3.16. The van der Waals surface area contributed by atoms with Crippen LogP contribution in [-0.4, -0.2) is 25.8 Å². The molecular weight excluding hydrogens is 180 g/mol. The number of hydrogen-bond acceptors (Lipinski definition) is 3. The molecule has 1 unspecified atom stereocenters. The van der Waals surface area contributed by atoms with Gasteiger partial charge in [-0.25, -0.2) is 0 Å². The van der Waals surface area contributed by atoms with Gasteiger partial charge in [0, 0.05) is 26.6 Å². The Morgan fingerprint density at radius 3 is 2.07 bits per heavy atom. The fraction of sp³-hybridized carbons (Fsp3) is 0.909. The van der Waals surface area contributed by atoms with Crippen LogP contribution in [0.5, 0.6) is 0 Å². The molecule has 1 aliphatic rings. The number of rotatable bonds is 2. The first kappa shape index (κ1) is 11.7. The monoisotopic (exact) mass is 200 g/mol. The summed E-state index contributed by atoms with van der Waals surface area (Å²) in [5.41, 5.74) is 0.0260. The van der Waals surface area contributed by atoms with Gasteiger partial charge >= 0.3 is 0 Å². The maximum atomic E-state index is 11.8. The lowest BCUT2D eigenvalue weighted by molar-refractivity contribution is -0.232. The van der Waals surface area contributed by atoms with Gasteiger partial charge in [-0.15, -0.1) is 0 Å². The van der Waals surface area contributed by atoms with Gasteiger partial charge in [-0.05, 0) is 11.8 Å². The van der Waals surface area contributed by atoms with Crippen LogP contribution in [-0.2, 0) is 14.3 Å². The Balaban J connectivity index is 3.03. The van der Waals surface area contributed by atoms with Crippen LogP contribution in [0.4, 0.5) is 0 Å². The third kappa shape index (κ3) is 1.59. The molecular formula is C11H20O3. The molecule has 1 atom stereocenters. The van der Waals surface area contributed by atoms with Crippen molar-refractivity contribution in [1.29, 1.82) is 0 Å². The van der Waals surface area contributed by atoms with Crippen LogP contribution in [0.3, 0.4) is 0 Å². The summed E-state index contributed by atoms with van der Waals surface area (Å²) >= 11 is 0. The average molecular weight is 200 g/mol. The van der Waals surface area contributed by atoms with Crippen molar-refractivity contribution < 1.29 is 14.3 Å². The lowest BCUT2D eigenvalue weighted by atomic mass is 9.76. The Bertz CT molecular complexity index is 223. The summed E-state index contributed by atoms with van der Waals surface area (Å²) in [7, 11) is 3.09. The predicted molar refractivity (Wildman–Crippen MR) is 53.9 cm³/mol. The van der Waals surface area contributed by atoms with E-state index in [-0.39, 0.29) is 17.1 Å². The van der Waals surface area contributed by atoms with E-state index >= 15 is 0 Å². The molecule has 1 fully saturated rings. The van der Waals surface area contributed by atoms with Crippen LogP contribution >= 0.6 is 0 Å². The van der Waals surface area contributed by atoms with Gasteiger partial charge in [-0.2, -0.15) is 0 Å². The molecule has 0 aromatic rings. The largest absolute Gasteiger partial charge is 0.347 e. The minimum atomic E-state index is -1.00. The molecule has 0 aromatic heterocycles. The molecule has 0 saturated heterocycles. The number of methoxy groups -OCH3 is 2. The van der Waals surface area contributed by atoms with Gasteiger partial charge in [0.05, 0.1) is 0 Å². The van der Waals surface area contributed by atoms with E-state index < -0.39 is 5.79 Å². The predicted octanol–water partition coefficient (Wildman–Crippen LogP) is 2.00. The lowest BCUT2D eigenvalue weighted by Gasteiger charge is -2.38. The number of hydrogen-bond donors (Lipinski definition) is 0. The van der Waals surface area contributed by atoms with Gasteiger partial charge in [0.1, 0.15) is 0 Å². The molecule has 0 spiro atoms. The van der Waals surface area contributed by atoms with Crippen LogP contribution < -0.4 is 0 Å². The summed E-state index contributed by atoms with van der Waals surface area (Å²) in [6.07, 6.45) is 1.41. The van der Waals surface area contributed by atoms with Crippen LogP contribution in [0, 0.1) is 11.3 Å². The van der Waals surface area contributed by atoms with E-state index in [4.69, 9.17) is 9.47 Å². The highest BCUT2D eigenvalue weighted by molar-refractivity contribution is 5.88. The maximum Gasteiger partial charge on any atom is 0.231 e. The fourth-order valence-electron chi connectivity index (χ4n) is 2.43. The van der Waals surface area contributed by atoms with Gasteiger partial charge in [0.25, 0.3) is 0 Å². The first-order valence-corrected chi connectivity index (χ1v) is 5.02. The summed E-state index contributed by atoms with van der Waals surface area (Å²) < 4.78 is 10.7. The Morgan fingerprint density at radius 2 is 1.79 bits per heavy atom. The van der Waals surface area contributed by atoms with Crippen LogP contribution in [0.1, 0.15) is 33.6 Å². The van der Waals surface area contributed by atoms with Gasteiger partial charge in [0.2, 0.25) is 5.79 Å². The van der Waals surface area contributed by atoms with E-state index in [1.165, 1.54) is 0 Å². The van der Waals surface area contributed by atoms with Crippen molar-refractivity contribution in [3.05, 3.63) is 0 Å². The van der Waals surface area contributed by atoms with Crippen molar-refractivity contribution in [3.8, 4) is 0 Å². The summed E-state index contributed by atoms with van der Waals surface area (Å²) in [5.74, 6) is -0.793. The molecule has 3 heteroatoms. The average Bonchev–Trinajstić information content (AvgIpc) is 2.42. The molecule has 0 aliphatic heterocycles. The van der Waals surface area contributed by atoms with Crippen molar-refractivity contribution in [2.45, 2.75) is 39.4 Å². The Labute approximate surface area is 85.8 Å². The second-order valence-electron chi connectivity index (χ2n) is 4.96. The van der Waals surface area contributed by atoms with Gasteiger partial charge < -0.3 is 9.47 Å². The number of Topliss-reactive ketones (excluding diaryl/α,β-unsaturated/α-hetero) is 1. The van der Waals surface area contributed by atoms with E-state index in [9.17, 15) is 4.79 Å². The van der Waals surface area contributed by atoms with Gasteiger partial charge in [-0.3, -0.25) is 4.79 Å². The maximum absolute atomic E-state index is 11.8. The van der Waals surface area contributed by atoms with Gasteiger partial charge in [0.15, 0.2) is 5.78 Å². The second-order valence-corrected chi connectivity index (χ2v) is 4.96. The van der Waals surface area contributed by atoms with E-state index in [1.807, 2.05) is 0 Å². The smallest absolute Gasteiger partial charge is 0.231 e. The van der Waals surface area contributed by atoms with Crippen LogP contribution in [0.25, 0.3) is 0 Å². The third-order valence-corrected chi connectivity index (χ3v) is 3.16. The Kier molecular flexibility index (Phi) is 3.02. The first-order valence-electron chi connectivity index (χ1n) is 5.02. The molecule has 1 saturated carbocycles. The number of carbonyl (C=O) groups is 1. The normalized spacial score (nSPS) is 26.9. The standard InChI is InChI=1S/C11H20O3/c1-10(2,3)8-6-7-9(12)11(8,13-4)14-5/h8H,6-7H2,1-5H3. The molecule has 82 valence electrons. The number of ether oxygens (including phenoxy) is 2. The molecule has 0 bridgehead atoms. The lowest BCUT2D eigenvalue weighted by Crippen LogP contribution is -2.48. The summed E-state index contributed by atoms with van der Waals surface area (Å²) in [4.78, 5) is 11.8. The second kappa shape index (κ2) is 3.63. The minimum absolute atomic E-state index is 0.0260. The van der Waals surface area contributed by atoms with Crippen LogP contribution in [0.15, 0.2) is 0 Å². The highest BCUT2D eigenvalue weighted by Crippen LogP contribution is 2.46. The first-order chi connectivity index (χ1) is 6.38. The molecule has 0 N–H and O–H groups in total. The van der Waals surface area contributed by atoms with Crippen molar-refractivity contribution in [2.75, 3.05) is 14.2 Å². The molecule has 0 aromatic carbocycles. The summed E-state index contributed by atoms with van der Waals surface area (Å²) in [5, 5.41) is 0. The van der Waals surface area contributed by atoms with E-state index in [1.54, 1.807) is 14.2 Å². The molecule has 0 radical (unpaired) electrons. The van der Waals surface area contributed by atoms with E-state index in [0.717, 1.165) is 6.42 Å². The molecule has 0 heterocycles. The zero-order chi connectivity index (χ0) is 11.0. The molecule has 1 rings (SSSR count). The number of carbonyl (C=O) groups excluding carboxylic acids is 1. The molecule has 3 nitrogen and oxygen atoms in total. The molecule has 0 amide bonds. The minimum Gasteiger partial charge on any atom is -0.347 e. The molecule has 1 aliphatic carbocycles. The fourth-order valence-corrected chi connectivity index (χ4v) is 2.43. The van der Waals surface area contributed by atoms with Crippen molar-refractivity contribution >= 4 is 5.78 Å². The Morgan fingerprint density at radius 1 is 1.29 bits per heavy atom. The van der Waals surface area contributed by atoms with Crippen LogP contribution in [0.2, 0.25) is 0 Å². The number of ketones is 1. The zero-order valence-electron chi connectivity index (χ0n) is 9.72. The van der Waals surface area contributed by atoms with E-state index in [2.05, 4.69) is 20.8 Å². The molecule has 14 heavy (non-hydrogen) atoms. The topological polar surface area (TPSA) is 35.5 Å². The summed E-state index contributed by atoms with van der Waals surface area (Å²) in [6.45, 7) is 6.34. The summed E-state index contributed by atoms with van der Waals surface area (Å²) in [6, 6.07) is 0. The SMILES string of the molecule is COC1(OC)C(=O)CCC1C(C)(C)C. The van der Waals surface area contributed by atoms with Gasteiger partial charge in [-0.1, -0.05) is 20.8 Å². The van der Waals surface area contributed by atoms with Crippen molar-refractivity contribution in [1.82, 2.24) is 0 Å². The zero-order valence-corrected chi connectivity index (χ0v) is 9.72.